The molecule has 27 nitrogen and oxygen atoms in total. The number of methoxy groups -OCH3 is 2. The van der Waals surface area contributed by atoms with E-state index in [0.29, 0.717) is 55.6 Å². The maximum absolute atomic E-state index is 14.7. The van der Waals surface area contributed by atoms with Crippen LogP contribution in [0.1, 0.15) is 157 Å². The van der Waals surface area contributed by atoms with Gasteiger partial charge >= 0.3 is 12.1 Å². The normalized spacial score (nSPS) is 18.3. The van der Waals surface area contributed by atoms with Gasteiger partial charge in [0, 0.05) is 65.8 Å². The molecule has 0 aromatic heterocycles. The fourth-order valence-electron chi connectivity index (χ4n) is 13.9. The number of imide groups is 1. The summed E-state index contributed by atoms with van der Waals surface area (Å²) < 4.78 is 17.7. The predicted octanol–water partition coefficient (Wildman–Crippen LogP) is 6.53. The van der Waals surface area contributed by atoms with Crippen LogP contribution >= 0.6 is 0 Å². The van der Waals surface area contributed by atoms with Gasteiger partial charge in [-0.1, -0.05) is 142 Å². The number of aliphatic hydroxyl groups excluding tert-OH is 1. The monoisotopic (exact) mass is 1460 g/mol. The smallest absolute Gasteiger partial charge is 0.410 e. The summed E-state index contributed by atoms with van der Waals surface area (Å²) in [6, 6.07) is 19.0. The lowest BCUT2D eigenvalue weighted by atomic mass is 9.89. The fourth-order valence-corrected chi connectivity index (χ4v) is 13.9. The number of nitrogens with one attached hydrogen (secondary N) is 7. The van der Waals surface area contributed by atoms with Gasteiger partial charge < -0.3 is 72.1 Å². The summed E-state index contributed by atoms with van der Waals surface area (Å²) >= 11 is 0. The van der Waals surface area contributed by atoms with E-state index in [1.807, 2.05) is 74.2 Å². The van der Waals surface area contributed by atoms with Crippen molar-refractivity contribution in [3.63, 3.8) is 0 Å². The van der Waals surface area contributed by atoms with Crippen LogP contribution in [-0.2, 0) is 70.4 Å². The van der Waals surface area contributed by atoms with E-state index in [9.17, 15) is 57.8 Å². The molecule has 0 saturated heterocycles. The van der Waals surface area contributed by atoms with E-state index < -0.39 is 137 Å². The highest BCUT2D eigenvalue weighted by atomic mass is 16.6. The first kappa shape index (κ1) is 86.8. The Morgan fingerprint density at radius 2 is 1.30 bits per heavy atom. The van der Waals surface area contributed by atoms with E-state index in [-0.39, 0.29) is 62.6 Å². The van der Waals surface area contributed by atoms with E-state index in [1.165, 1.54) is 31.5 Å². The standard InChI is InChI=1S/C78H118N12O15/c1-17-51(8)67(60(103-15)44-61(91)80-41-26-33-57-45-78(57,104-16)52(9)69(95)82-53(10)68(94)56-31-22-19-23-32-56)88(13)73(99)65(49(4)5)85-72(98)66(50(6)7)89(14)76(102)105-46-55-35-37-58(38-36-55)83-70(96)59(34-27-42-81-75(79)101)84-71(97)64(48(2)3)86-74(100)77(11,90-62(92)39-40-63(90)93)47-87(12)43-25-24-30-54-28-20-18-21-29-54/h18-23,28-29,31-32,35-40,48-53,57,59-60,64-68,94H,17,24-27,30,33-34,41-47H2,1-16H3,(H,80,91)(H,82,95)(H,83,96)(H,84,97)(H,85,98)(H,86,100)(H3,79,81,101)/t51-,52-,53+,57+,59-,60+,64-,65-,66-,67-,68+,77+,78+/m0/s1. The highest BCUT2D eigenvalue weighted by Gasteiger charge is 2.60. The molecule has 12 amide bonds. The molecule has 1 saturated carbocycles. The van der Waals surface area contributed by atoms with Crippen molar-refractivity contribution in [3.8, 4) is 0 Å². The molecule has 5 rings (SSSR count). The Bertz CT molecular complexity index is 3400. The van der Waals surface area contributed by atoms with Crippen molar-refractivity contribution in [3.05, 3.63) is 114 Å². The number of aryl methyl sites for hydroxylation is 1. The summed E-state index contributed by atoms with van der Waals surface area (Å²) in [5.74, 6) is -6.95. The largest absolute Gasteiger partial charge is 0.445 e. The molecule has 1 fully saturated rings. The first-order valence-electron chi connectivity index (χ1n) is 36.8. The number of anilines is 1. The number of rotatable bonds is 44. The van der Waals surface area contributed by atoms with Crippen molar-refractivity contribution in [2.24, 2.45) is 41.2 Å². The van der Waals surface area contributed by atoms with Gasteiger partial charge in [0.2, 0.25) is 41.4 Å². The van der Waals surface area contributed by atoms with Crippen LogP contribution < -0.4 is 43.0 Å². The van der Waals surface area contributed by atoms with Crippen LogP contribution in [0.15, 0.2) is 97.1 Å². The summed E-state index contributed by atoms with van der Waals surface area (Å²) in [6.07, 6.45) is 5.01. The van der Waals surface area contributed by atoms with Crippen molar-refractivity contribution in [2.75, 3.05) is 66.9 Å². The number of aliphatic hydroxyl groups is 1. The van der Waals surface area contributed by atoms with Gasteiger partial charge in [-0.2, -0.15) is 0 Å². The van der Waals surface area contributed by atoms with Crippen LogP contribution in [0.2, 0.25) is 0 Å². The van der Waals surface area contributed by atoms with Gasteiger partial charge in [-0.3, -0.25) is 53.0 Å². The number of nitrogens with two attached hydrogens (primary N) is 1. The number of primary amides is 1. The summed E-state index contributed by atoms with van der Waals surface area (Å²) in [7, 11) is 7.96. The summed E-state index contributed by atoms with van der Waals surface area (Å²) in [4.78, 5) is 157. The van der Waals surface area contributed by atoms with Gasteiger partial charge in [0.25, 0.3) is 11.8 Å². The number of ether oxygens (including phenoxy) is 3. The molecule has 13 atom stereocenters. The molecule has 3 aromatic carbocycles. The molecule has 0 bridgehead atoms. The highest BCUT2D eigenvalue weighted by Crippen LogP contribution is 2.54. The average Bonchev–Trinajstić information content (AvgIpc) is 1.59. The van der Waals surface area contributed by atoms with Gasteiger partial charge in [0.05, 0.1) is 42.2 Å². The highest BCUT2D eigenvalue weighted by molar-refractivity contribution is 6.16. The number of carbonyl (C=O) groups is 11. The SMILES string of the molecule is CC[C@H](C)[C@@H]([C@@H](CC(=O)NCCC[C@@H]1C[C@@]1(OC)[C@@H](C)C(=O)N[C@H](C)[C@@H](O)c1ccccc1)OC)N(C)C(=O)[C@@H](NC(=O)[C@H](C(C)C)N(C)C(=O)OCc1ccc(NC(=O)[C@H](CCCNC(N)=O)NC(=O)[C@@H](NC(=O)[C@@](C)(CN(C)CCCCc2ccccc2)N2C(=O)C=CC2=O)C(C)C)cc1)C(C)C. The molecule has 1 aliphatic carbocycles. The lowest BCUT2D eigenvalue weighted by molar-refractivity contribution is -0.153. The van der Waals surface area contributed by atoms with E-state index in [2.05, 4.69) is 49.4 Å². The van der Waals surface area contributed by atoms with Crippen LogP contribution in [0.3, 0.4) is 0 Å². The van der Waals surface area contributed by atoms with Crippen LogP contribution in [-0.4, -0.2) is 205 Å². The van der Waals surface area contributed by atoms with Gasteiger partial charge in [0.1, 0.15) is 36.3 Å². The molecule has 3 aromatic rings. The quantitative estimate of drug-likeness (QED) is 0.0215. The fraction of sp³-hybridized carbons (Fsp3) is 0.603. The molecule has 580 valence electrons. The van der Waals surface area contributed by atoms with Gasteiger partial charge in [-0.05, 0) is 137 Å². The number of hydrogen-bond acceptors (Lipinski definition) is 16. The zero-order valence-corrected chi connectivity index (χ0v) is 64.5. The molecular weight excluding hydrogens is 1340 g/mol. The number of likely N-dealkylation sites (N-methyl/N-ethyl adjacent to an activating group) is 3. The minimum Gasteiger partial charge on any atom is -0.445 e. The van der Waals surface area contributed by atoms with Gasteiger partial charge in [-0.15, -0.1) is 0 Å². The minimum atomic E-state index is -1.76. The molecule has 0 spiro atoms. The Hall–Kier alpha value is -8.79. The Labute approximate surface area is 620 Å². The third-order valence-electron chi connectivity index (χ3n) is 20.5. The number of hydrogen-bond donors (Lipinski definition) is 9. The number of urea groups is 1. The first-order valence-corrected chi connectivity index (χ1v) is 36.8. The third kappa shape index (κ3) is 24.6. The zero-order chi connectivity index (χ0) is 78.0. The van der Waals surface area contributed by atoms with Crippen LogP contribution in [0.5, 0.6) is 0 Å². The molecule has 0 radical (unpaired) electrons. The lowest BCUT2D eigenvalue weighted by Gasteiger charge is -2.40. The number of nitrogens with zero attached hydrogens (tertiary/aromatic N) is 4. The predicted molar refractivity (Wildman–Crippen MR) is 400 cm³/mol. The second-order valence-electron chi connectivity index (χ2n) is 29.5. The molecule has 105 heavy (non-hydrogen) atoms. The van der Waals surface area contributed by atoms with Crippen LogP contribution in [0.4, 0.5) is 15.3 Å². The second kappa shape index (κ2) is 41.2. The molecule has 2 aliphatic rings. The molecule has 27 heteroatoms. The molecule has 1 heterocycles. The Morgan fingerprint density at radius 1 is 0.686 bits per heavy atom. The number of unbranched alkanes of at least 4 members (excludes halogenated alkanes) is 1. The summed E-state index contributed by atoms with van der Waals surface area (Å²) in [5.41, 5.74) is 5.59. The summed E-state index contributed by atoms with van der Waals surface area (Å²) in [6.45, 7) is 20.2. The Morgan fingerprint density at radius 3 is 1.87 bits per heavy atom. The van der Waals surface area contributed by atoms with Gasteiger partial charge in [-0.25, -0.2) is 9.59 Å². The zero-order valence-electron chi connectivity index (χ0n) is 64.5. The van der Waals surface area contributed by atoms with E-state index >= 15 is 0 Å². The average molecular weight is 1460 g/mol. The molecule has 0 unspecified atom stereocenters. The number of amides is 12. The minimum absolute atomic E-state index is 0.0150. The van der Waals surface area contributed by atoms with E-state index in [0.717, 1.165) is 36.3 Å². The van der Waals surface area contributed by atoms with Crippen LogP contribution in [0.25, 0.3) is 0 Å². The molecular formula is C78H118N12O15. The van der Waals surface area contributed by atoms with Crippen molar-refractivity contribution in [1.82, 2.24) is 51.5 Å². The van der Waals surface area contributed by atoms with Gasteiger partial charge in [0.15, 0.2) is 0 Å². The van der Waals surface area contributed by atoms with Crippen molar-refractivity contribution < 1.29 is 72.1 Å². The second-order valence-corrected chi connectivity index (χ2v) is 29.5. The van der Waals surface area contributed by atoms with Crippen molar-refractivity contribution in [2.45, 2.75) is 207 Å². The molecule has 1 aliphatic heterocycles. The molecule has 10 N–H and O–H groups in total. The third-order valence-corrected chi connectivity index (χ3v) is 20.5. The van der Waals surface area contributed by atoms with E-state index in [1.54, 1.807) is 98.8 Å². The van der Waals surface area contributed by atoms with Crippen molar-refractivity contribution in [1.29, 1.82) is 0 Å². The number of carbonyl (C=O) groups excluding carboxylic acids is 11. The first-order chi connectivity index (χ1) is 49.7. The number of benzene rings is 3. The summed E-state index contributed by atoms with van der Waals surface area (Å²) in [5, 5.41) is 30.6. The lowest BCUT2D eigenvalue weighted by Crippen LogP contribution is -2.66. The van der Waals surface area contributed by atoms with Crippen molar-refractivity contribution >= 4 is 71.0 Å². The maximum Gasteiger partial charge on any atom is 0.410 e. The van der Waals surface area contributed by atoms with E-state index in [4.69, 9.17) is 19.9 Å². The topological polar surface area (TPSA) is 359 Å². The Kier molecular flexibility index (Phi) is 34.1. The maximum atomic E-state index is 14.7. The Balaban J connectivity index is 1.16. The van der Waals surface area contributed by atoms with Crippen LogP contribution in [0, 0.1) is 35.5 Å².